The first-order valence-electron chi connectivity index (χ1n) is 8.08. The minimum atomic E-state index is -3.79. The van der Waals surface area contributed by atoms with Crippen LogP contribution in [0.5, 0.6) is 0 Å². The quantitative estimate of drug-likeness (QED) is 0.724. The van der Waals surface area contributed by atoms with Crippen LogP contribution in [0.1, 0.15) is 24.6 Å². The minimum absolute atomic E-state index is 0.00532. The van der Waals surface area contributed by atoms with Crippen LogP contribution in [0.15, 0.2) is 33.7 Å². The number of aromatic nitrogens is 2. The van der Waals surface area contributed by atoms with E-state index < -0.39 is 27.7 Å². The lowest BCUT2D eigenvalue weighted by molar-refractivity contribution is -0.151. The van der Waals surface area contributed by atoms with Crippen molar-refractivity contribution in [1.29, 1.82) is 0 Å². The van der Waals surface area contributed by atoms with E-state index in [1.807, 2.05) is 0 Å². The molecule has 1 fully saturated rings. The van der Waals surface area contributed by atoms with Gasteiger partial charge in [-0.3, -0.25) is 4.79 Å². The maximum atomic E-state index is 13.0. The molecule has 26 heavy (non-hydrogen) atoms. The topological polar surface area (TPSA) is 103 Å². The van der Waals surface area contributed by atoms with Gasteiger partial charge in [-0.25, -0.2) is 12.8 Å². The van der Waals surface area contributed by atoms with E-state index in [1.54, 1.807) is 6.92 Å². The summed E-state index contributed by atoms with van der Waals surface area (Å²) in [5.74, 6) is -0.990. The van der Waals surface area contributed by atoms with Crippen LogP contribution in [-0.2, 0) is 26.2 Å². The van der Waals surface area contributed by atoms with Gasteiger partial charge in [-0.05, 0) is 44.0 Å². The van der Waals surface area contributed by atoms with Gasteiger partial charge in [0.05, 0.1) is 10.8 Å². The van der Waals surface area contributed by atoms with Gasteiger partial charge < -0.3 is 9.26 Å². The Kier molecular flexibility index (Phi) is 5.33. The Morgan fingerprint density at radius 1 is 1.38 bits per heavy atom. The van der Waals surface area contributed by atoms with E-state index in [2.05, 4.69) is 10.1 Å². The predicted molar refractivity (Wildman–Crippen MR) is 86.7 cm³/mol. The summed E-state index contributed by atoms with van der Waals surface area (Å²) in [7, 11) is -3.79. The molecule has 0 amide bonds. The molecule has 140 valence electrons. The van der Waals surface area contributed by atoms with Crippen molar-refractivity contribution in [3.8, 4) is 0 Å². The van der Waals surface area contributed by atoms with Gasteiger partial charge in [0.25, 0.3) is 5.89 Å². The molecule has 0 N–H and O–H groups in total. The summed E-state index contributed by atoms with van der Waals surface area (Å²) in [4.78, 5) is 16.2. The first-order valence-corrected chi connectivity index (χ1v) is 9.52. The normalized spacial score (nSPS) is 18.6. The molecule has 1 atom stereocenters. The largest absolute Gasteiger partial charge is 0.455 e. The van der Waals surface area contributed by atoms with Crippen molar-refractivity contribution < 1.29 is 26.9 Å². The maximum Gasteiger partial charge on any atom is 0.310 e. The molecule has 0 radical (unpaired) electrons. The maximum absolute atomic E-state index is 13.0. The fraction of sp³-hybridized carbons (Fsp3) is 0.438. The third kappa shape index (κ3) is 4.07. The summed E-state index contributed by atoms with van der Waals surface area (Å²) in [5, 5.41) is 3.60. The van der Waals surface area contributed by atoms with Crippen LogP contribution in [0.3, 0.4) is 0 Å². The number of carbonyl (C=O) groups is 1. The van der Waals surface area contributed by atoms with E-state index in [1.165, 1.54) is 16.4 Å². The summed E-state index contributed by atoms with van der Waals surface area (Å²) >= 11 is 0. The fourth-order valence-electron chi connectivity index (χ4n) is 2.76. The molecule has 1 aromatic heterocycles. The second kappa shape index (κ2) is 7.50. The molecule has 0 bridgehead atoms. The average Bonchev–Trinajstić information content (AvgIpc) is 3.05. The number of esters is 1. The van der Waals surface area contributed by atoms with Gasteiger partial charge in [0.1, 0.15) is 5.82 Å². The van der Waals surface area contributed by atoms with Gasteiger partial charge in [-0.15, -0.1) is 0 Å². The molecule has 0 spiro atoms. The Morgan fingerprint density at radius 3 is 2.77 bits per heavy atom. The highest BCUT2D eigenvalue weighted by molar-refractivity contribution is 7.89. The summed E-state index contributed by atoms with van der Waals surface area (Å²) < 4.78 is 49.6. The van der Waals surface area contributed by atoms with Crippen molar-refractivity contribution in [3.63, 3.8) is 0 Å². The molecule has 1 aliphatic heterocycles. The van der Waals surface area contributed by atoms with E-state index in [4.69, 9.17) is 9.26 Å². The number of hydrogen-bond acceptors (Lipinski definition) is 7. The highest BCUT2D eigenvalue weighted by Gasteiger charge is 2.34. The van der Waals surface area contributed by atoms with E-state index in [0.717, 1.165) is 12.1 Å². The second-order valence-electron chi connectivity index (χ2n) is 6.00. The Morgan fingerprint density at radius 2 is 2.12 bits per heavy atom. The molecular formula is C16H18FN3O5S. The SMILES string of the molecule is Cc1noc(COC(=O)C2CCCN(S(=O)(=O)c3ccc(F)cc3)C2)n1. The number of carbonyl (C=O) groups excluding carboxylic acids is 1. The van der Waals surface area contributed by atoms with Crippen LogP contribution in [0.2, 0.25) is 0 Å². The number of hydrogen-bond donors (Lipinski definition) is 0. The van der Waals surface area contributed by atoms with Crippen molar-refractivity contribution in [2.45, 2.75) is 31.3 Å². The Balaban J connectivity index is 1.64. The van der Waals surface area contributed by atoms with E-state index in [0.29, 0.717) is 25.2 Å². The number of ether oxygens (including phenoxy) is 1. The number of sulfonamides is 1. The second-order valence-corrected chi connectivity index (χ2v) is 7.94. The van der Waals surface area contributed by atoms with Crippen LogP contribution in [0.25, 0.3) is 0 Å². The Bertz CT molecular complexity index is 882. The van der Waals surface area contributed by atoms with Gasteiger partial charge in [-0.1, -0.05) is 5.16 Å². The molecule has 1 unspecified atom stereocenters. The Labute approximate surface area is 150 Å². The van der Waals surface area contributed by atoms with Crippen molar-refractivity contribution in [2.75, 3.05) is 13.1 Å². The highest BCUT2D eigenvalue weighted by Crippen LogP contribution is 2.25. The van der Waals surface area contributed by atoms with Crippen LogP contribution in [0.4, 0.5) is 4.39 Å². The molecule has 1 saturated heterocycles. The molecule has 0 aliphatic carbocycles. The van der Waals surface area contributed by atoms with E-state index in [-0.39, 0.29) is 23.9 Å². The highest BCUT2D eigenvalue weighted by atomic mass is 32.2. The molecule has 10 heteroatoms. The van der Waals surface area contributed by atoms with Crippen LogP contribution >= 0.6 is 0 Å². The smallest absolute Gasteiger partial charge is 0.310 e. The molecule has 2 aromatic rings. The first kappa shape index (κ1) is 18.5. The lowest BCUT2D eigenvalue weighted by Crippen LogP contribution is -2.42. The standard InChI is InChI=1S/C16H18FN3O5S/c1-11-18-15(25-19-11)10-24-16(21)12-3-2-8-20(9-12)26(22,23)14-6-4-13(17)5-7-14/h4-7,12H,2-3,8-10H2,1H3. The zero-order valence-corrected chi connectivity index (χ0v) is 14.9. The van der Waals surface area contributed by atoms with E-state index >= 15 is 0 Å². The number of halogens is 1. The summed E-state index contributed by atoms with van der Waals surface area (Å²) in [6.07, 6.45) is 1.05. The number of rotatable bonds is 5. The lowest BCUT2D eigenvalue weighted by Gasteiger charge is -2.30. The Hall–Kier alpha value is -2.33. The fourth-order valence-corrected chi connectivity index (χ4v) is 4.28. The number of piperidine rings is 1. The molecule has 2 heterocycles. The average molecular weight is 383 g/mol. The first-order chi connectivity index (χ1) is 12.4. The van der Waals surface area contributed by atoms with Gasteiger partial charge in [0.2, 0.25) is 10.0 Å². The number of benzene rings is 1. The third-order valence-electron chi connectivity index (χ3n) is 4.08. The van der Waals surface area contributed by atoms with Crippen LogP contribution in [-0.4, -0.2) is 41.9 Å². The van der Waals surface area contributed by atoms with E-state index in [9.17, 15) is 17.6 Å². The molecule has 0 saturated carbocycles. The third-order valence-corrected chi connectivity index (χ3v) is 5.96. The van der Waals surface area contributed by atoms with Gasteiger partial charge in [-0.2, -0.15) is 9.29 Å². The molecular weight excluding hydrogens is 365 g/mol. The van der Waals surface area contributed by atoms with Gasteiger partial charge >= 0.3 is 5.97 Å². The molecule has 1 aromatic carbocycles. The molecule has 1 aliphatic rings. The zero-order valence-electron chi connectivity index (χ0n) is 14.1. The van der Waals surface area contributed by atoms with Gasteiger partial charge in [0, 0.05) is 13.1 Å². The predicted octanol–water partition coefficient (Wildman–Crippen LogP) is 1.66. The van der Waals surface area contributed by atoms with Crippen molar-refractivity contribution in [1.82, 2.24) is 14.4 Å². The lowest BCUT2D eigenvalue weighted by atomic mass is 10.0. The van der Waals surface area contributed by atoms with Crippen LogP contribution < -0.4 is 0 Å². The number of aryl methyl sites for hydroxylation is 1. The van der Waals surface area contributed by atoms with Crippen molar-refractivity contribution in [2.24, 2.45) is 5.92 Å². The van der Waals surface area contributed by atoms with Crippen molar-refractivity contribution in [3.05, 3.63) is 41.8 Å². The van der Waals surface area contributed by atoms with Crippen LogP contribution in [0, 0.1) is 18.7 Å². The zero-order chi connectivity index (χ0) is 18.7. The molecule has 8 nitrogen and oxygen atoms in total. The monoisotopic (exact) mass is 383 g/mol. The summed E-state index contributed by atoms with van der Waals surface area (Å²) in [5.41, 5.74) is 0. The number of nitrogens with zero attached hydrogens (tertiary/aromatic N) is 3. The molecule has 3 rings (SSSR count). The van der Waals surface area contributed by atoms with Gasteiger partial charge in [0.15, 0.2) is 12.4 Å². The summed E-state index contributed by atoms with van der Waals surface area (Å²) in [6, 6.07) is 4.61. The summed E-state index contributed by atoms with van der Waals surface area (Å²) in [6.45, 7) is 1.81. The minimum Gasteiger partial charge on any atom is -0.455 e. The van der Waals surface area contributed by atoms with Crippen molar-refractivity contribution >= 4 is 16.0 Å².